The molecule has 1 rings (SSSR count). The lowest BCUT2D eigenvalue weighted by Crippen LogP contribution is -2.42. The molecule has 112 valence electrons. The average Bonchev–Trinajstić information content (AvgIpc) is 2.26. The maximum Gasteiger partial charge on any atom is 0.407 e. The number of hydrogen-bond acceptors (Lipinski definition) is 2. The molecule has 0 spiro atoms. The van der Waals surface area contributed by atoms with E-state index in [1.807, 2.05) is 0 Å². The Labute approximate surface area is 110 Å². The van der Waals surface area contributed by atoms with Crippen LogP contribution in [0.25, 0.3) is 0 Å². The Hall–Kier alpha value is -1.73. The van der Waals surface area contributed by atoms with Crippen LogP contribution in [0, 0.1) is 5.92 Å². The van der Waals surface area contributed by atoms with Gasteiger partial charge in [-0.3, -0.25) is 4.79 Å². The van der Waals surface area contributed by atoms with Gasteiger partial charge in [-0.1, -0.05) is 12.1 Å². The van der Waals surface area contributed by atoms with E-state index in [0.29, 0.717) is 0 Å². The van der Waals surface area contributed by atoms with Gasteiger partial charge < -0.3 is 4.74 Å². The van der Waals surface area contributed by atoms with Crippen molar-refractivity contribution in [3.8, 4) is 5.75 Å². The molecule has 0 bridgehead atoms. The maximum absolute atomic E-state index is 12.5. The smallest absolute Gasteiger partial charge is 0.407 e. The molecule has 0 aliphatic heterocycles. The molecule has 0 aliphatic rings. The van der Waals surface area contributed by atoms with Crippen LogP contribution in [-0.4, -0.2) is 24.7 Å². The van der Waals surface area contributed by atoms with Crippen molar-refractivity contribution in [3.05, 3.63) is 29.8 Å². The highest BCUT2D eigenvalue weighted by atomic mass is 19.4. The fourth-order valence-electron chi connectivity index (χ4n) is 1.59. The summed E-state index contributed by atoms with van der Waals surface area (Å²) in [6.07, 6.45) is -11.4. The van der Waals surface area contributed by atoms with Gasteiger partial charge in [0.05, 0.1) is 12.2 Å². The Morgan fingerprint density at radius 1 is 1.10 bits per heavy atom. The minimum Gasteiger partial charge on any atom is -0.493 e. The summed E-state index contributed by atoms with van der Waals surface area (Å²) in [5, 5.41) is 0. The number of carbonyl (C=O) groups excluding carboxylic acids is 1. The number of hydrogen-bond donors (Lipinski definition) is 0. The summed E-state index contributed by atoms with van der Waals surface area (Å²) in [6, 6.07) is 4.52. The highest BCUT2D eigenvalue weighted by Gasteiger charge is 2.61. The molecular formula is C12H10F6O2. The van der Waals surface area contributed by atoms with Crippen LogP contribution in [0.1, 0.15) is 17.3 Å². The first-order valence-electron chi connectivity index (χ1n) is 5.48. The second kappa shape index (κ2) is 5.72. The van der Waals surface area contributed by atoms with Crippen LogP contribution in [0.15, 0.2) is 24.3 Å². The van der Waals surface area contributed by atoms with Gasteiger partial charge in [-0.2, -0.15) is 26.3 Å². The van der Waals surface area contributed by atoms with Crippen LogP contribution in [0.2, 0.25) is 0 Å². The Morgan fingerprint density at radius 3 is 2.05 bits per heavy atom. The molecule has 0 atom stereocenters. The number of rotatable bonds is 4. The second-order valence-corrected chi connectivity index (χ2v) is 3.81. The van der Waals surface area contributed by atoms with Gasteiger partial charge in [-0.05, 0) is 19.1 Å². The molecule has 0 saturated heterocycles. The van der Waals surface area contributed by atoms with Gasteiger partial charge in [0.1, 0.15) is 5.75 Å². The molecule has 0 heterocycles. The highest BCUT2D eigenvalue weighted by molar-refractivity contribution is 6.01. The molecule has 0 radical (unpaired) electrons. The predicted octanol–water partition coefficient (Wildman–Crippen LogP) is 4.01. The number of halogens is 6. The van der Waals surface area contributed by atoms with Crippen molar-refractivity contribution in [2.75, 3.05) is 6.61 Å². The topological polar surface area (TPSA) is 26.3 Å². The number of ketones is 1. The minimum absolute atomic E-state index is 0.00694. The van der Waals surface area contributed by atoms with Crippen molar-refractivity contribution < 1.29 is 35.9 Å². The lowest BCUT2D eigenvalue weighted by Gasteiger charge is -2.22. The molecule has 0 saturated carbocycles. The Kier molecular flexibility index (Phi) is 4.67. The van der Waals surface area contributed by atoms with Gasteiger partial charge in [-0.15, -0.1) is 0 Å². The van der Waals surface area contributed by atoms with Gasteiger partial charge in [0.2, 0.25) is 5.92 Å². The molecule has 0 aliphatic carbocycles. The molecule has 0 amide bonds. The van der Waals surface area contributed by atoms with Crippen LogP contribution in [0.4, 0.5) is 26.3 Å². The Morgan fingerprint density at radius 2 is 1.60 bits per heavy atom. The van der Waals surface area contributed by atoms with E-state index in [1.165, 1.54) is 19.1 Å². The number of ether oxygens (including phenoxy) is 1. The second-order valence-electron chi connectivity index (χ2n) is 3.81. The quantitative estimate of drug-likeness (QED) is 0.620. The van der Waals surface area contributed by atoms with Crippen LogP contribution in [0.5, 0.6) is 5.75 Å². The number of carbonyl (C=O) groups is 1. The standard InChI is InChI=1S/C12H10F6O2/c1-2-20-8-6-4-3-5-7(8)9(19)10(11(13,14)15)12(16,17)18/h3-6,10H,2H2,1H3. The van der Waals surface area contributed by atoms with E-state index >= 15 is 0 Å². The molecule has 2 nitrogen and oxygen atoms in total. The van der Waals surface area contributed by atoms with E-state index in [9.17, 15) is 31.1 Å². The van der Waals surface area contributed by atoms with Crippen LogP contribution in [-0.2, 0) is 0 Å². The summed E-state index contributed by atoms with van der Waals surface area (Å²) in [6.45, 7) is 1.50. The van der Waals surface area contributed by atoms with Crippen LogP contribution >= 0.6 is 0 Å². The van der Waals surface area contributed by atoms with Crippen molar-refractivity contribution in [1.82, 2.24) is 0 Å². The third-order valence-corrected chi connectivity index (χ3v) is 2.37. The first kappa shape index (κ1) is 16.3. The zero-order valence-corrected chi connectivity index (χ0v) is 10.2. The molecular weight excluding hydrogens is 290 g/mol. The average molecular weight is 300 g/mol. The molecule has 0 unspecified atom stereocenters. The first-order valence-corrected chi connectivity index (χ1v) is 5.48. The van der Waals surface area contributed by atoms with Gasteiger partial charge >= 0.3 is 12.4 Å². The summed E-state index contributed by atoms with van der Waals surface area (Å²) < 4.78 is 79.8. The largest absolute Gasteiger partial charge is 0.493 e. The van der Waals surface area contributed by atoms with Crippen molar-refractivity contribution in [3.63, 3.8) is 0 Å². The zero-order valence-electron chi connectivity index (χ0n) is 10.2. The van der Waals surface area contributed by atoms with Gasteiger partial charge in [0.15, 0.2) is 5.78 Å². The molecule has 1 aromatic carbocycles. The molecule has 0 N–H and O–H groups in total. The first-order chi connectivity index (χ1) is 9.09. The summed E-state index contributed by atoms with van der Waals surface area (Å²) in [4.78, 5) is 11.6. The SMILES string of the molecule is CCOc1ccccc1C(=O)C(C(F)(F)F)C(F)(F)F. The zero-order chi connectivity index (χ0) is 15.6. The van der Waals surface area contributed by atoms with Crippen molar-refractivity contribution in [2.24, 2.45) is 5.92 Å². The minimum atomic E-state index is -5.71. The number of Topliss-reactive ketones (excluding diaryl/α,β-unsaturated/α-hetero) is 1. The van der Waals surface area contributed by atoms with Gasteiger partial charge in [-0.25, -0.2) is 0 Å². The van der Waals surface area contributed by atoms with E-state index in [1.54, 1.807) is 0 Å². The third-order valence-electron chi connectivity index (χ3n) is 2.37. The lowest BCUT2D eigenvalue weighted by molar-refractivity contribution is -0.264. The van der Waals surface area contributed by atoms with Gasteiger partial charge in [0.25, 0.3) is 0 Å². The molecule has 0 fully saturated rings. The summed E-state index contributed by atoms with van der Waals surface area (Å²) in [5.41, 5.74) is -0.742. The van der Waals surface area contributed by atoms with Gasteiger partial charge in [0, 0.05) is 0 Å². The predicted molar refractivity (Wildman–Crippen MR) is 57.5 cm³/mol. The number of para-hydroxylation sites is 1. The monoisotopic (exact) mass is 300 g/mol. The fourth-order valence-corrected chi connectivity index (χ4v) is 1.59. The van der Waals surface area contributed by atoms with Crippen LogP contribution in [0.3, 0.4) is 0 Å². The Balaban J connectivity index is 3.27. The molecule has 20 heavy (non-hydrogen) atoms. The van der Waals surface area contributed by atoms with Crippen LogP contribution < -0.4 is 4.74 Å². The van der Waals surface area contributed by atoms with Crippen molar-refractivity contribution >= 4 is 5.78 Å². The van der Waals surface area contributed by atoms with E-state index in [-0.39, 0.29) is 12.4 Å². The number of alkyl halides is 6. The highest BCUT2D eigenvalue weighted by Crippen LogP contribution is 2.42. The third kappa shape index (κ3) is 3.64. The Bertz CT molecular complexity index is 464. The summed E-state index contributed by atoms with van der Waals surface area (Å²) in [5.74, 6) is -6.44. The molecule has 8 heteroatoms. The maximum atomic E-state index is 12.5. The van der Waals surface area contributed by atoms with E-state index < -0.39 is 29.6 Å². The van der Waals surface area contributed by atoms with Crippen molar-refractivity contribution in [1.29, 1.82) is 0 Å². The van der Waals surface area contributed by atoms with Crippen molar-refractivity contribution in [2.45, 2.75) is 19.3 Å². The summed E-state index contributed by atoms with van der Waals surface area (Å²) in [7, 11) is 0. The van der Waals surface area contributed by atoms with E-state index in [0.717, 1.165) is 12.1 Å². The van der Waals surface area contributed by atoms with E-state index in [2.05, 4.69) is 0 Å². The number of benzene rings is 1. The lowest BCUT2D eigenvalue weighted by atomic mass is 9.95. The summed E-state index contributed by atoms with van der Waals surface area (Å²) >= 11 is 0. The molecule has 1 aromatic rings. The molecule has 0 aromatic heterocycles. The fraction of sp³-hybridized carbons (Fsp3) is 0.417. The van der Waals surface area contributed by atoms with E-state index in [4.69, 9.17) is 4.74 Å². The normalized spacial score (nSPS) is 12.6.